The molecule has 16 heavy (non-hydrogen) atoms. The number of carbonyl (C=O) groups excluding carboxylic acids is 1. The molecule has 0 atom stereocenters. The Morgan fingerprint density at radius 3 is 2.56 bits per heavy atom. The molecule has 0 heterocycles. The lowest BCUT2D eigenvalue weighted by Crippen LogP contribution is -2.24. The smallest absolute Gasteiger partial charge is 0.311 e. The number of ether oxygens (including phenoxy) is 1. The van der Waals surface area contributed by atoms with Crippen molar-refractivity contribution in [3.05, 3.63) is 24.4 Å². The van der Waals surface area contributed by atoms with Crippen LogP contribution in [0.2, 0.25) is 0 Å². The molecule has 3 nitrogen and oxygen atoms in total. The molecule has 0 fully saturated rings. The van der Waals surface area contributed by atoms with Crippen molar-refractivity contribution in [2.24, 2.45) is 5.41 Å². The van der Waals surface area contributed by atoms with E-state index < -0.39 is 5.41 Å². The molecule has 0 bridgehead atoms. The Morgan fingerprint density at radius 2 is 2.06 bits per heavy atom. The topological polar surface area (TPSA) is 38.3 Å². The molecule has 1 N–H and O–H groups in total. The molecule has 3 heteroatoms. The van der Waals surface area contributed by atoms with Crippen molar-refractivity contribution in [2.75, 3.05) is 13.7 Å². The second kappa shape index (κ2) is 7.09. The fraction of sp³-hybridized carbons (Fsp3) is 0.615. The average Bonchev–Trinajstić information content (AvgIpc) is 2.21. The summed E-state index contributed by atoms with van der Waals surface area (Å²) in [5, 5.41) is 3.14. The highest BCUT2D eigenvalue weighted by Gasteiger charge is 2.26. The van der Waals surface area contributed by atoms with Gasteiger partial charge in [-0.15, -0.1) is 0 Å². The number of allylic oxidation sites excluding steroid dienone is 2. The average molecular weight is 225 g/mol. The highest BCUT2D eigenvalue weighted by molar-refractivity contribution is 5.75. The molecule has 0 rings (SSSR count). The first-order valence-electron chi connectivity index (χ1n) is 5.53. The van der Waals surface area contributed by atoms with Crippen LogP contribution in [-0.2, 0) is 9.53 Å². The molecule has 0 saturated carbocycles. The Morgan fingerprint density at radius 1 is 1.44 bits per heavy atom. The van der Waals surface area contributed by atoms with Gasteiger partial charge in [0.1, 0.15) is 0 Å². The highest BCUT2D eigenvalue weighted by Crippen LogP contribution is 2.22. The molecule has 0 saturated heterocycles. The number of rotatable bonds is 7. The van der Waals surface area contributed by atoms with Crippen LogP contribution >= 0.6 is 0 Å². The van der Waals surface area contributed by atoms with Crippen LogP contribution < -0.4 is 5.32 Å². The zero-order valence-corrected chi connectivity index (χ0v) is 10.8. The lowest BCUT2D eigenvalue weighted by atomic mass is 9.89. The minimum Gasteiger partial charge on any atom is -0.469 e. The van der Waals surface area contributed by atoms with Gasteiger partial charge in [-0.1, -0.05) is 18.7 Å². The summed E-state index contributed by atoms with van der Waals surface area (Å²) in [7, 11) is 1.42. The van der Waals surface area contributed by atoms with Gasteiger partial charge in [0.05, 0.1) is 12.5 Å². The summed E-state index contributed by atoms with van der Waals surface area (Å²) >= 11 is 0. The maximum absolute atomic E-state index is 11.4. The van der Waals surface area contributed by atoms with E-state index in [1.54, 1.807) is 0 Å². The van der Waals surface area contributed by atoms with E-state index in [9.17, 15) is 4.79 Å². The molecular weight excluding hydrogens is 202 g/mol. The van der Waals surface area contributed by atoms with Crippen LogP contribution in [0, 0.1) is 5.41 Å². The number of carbonyl (C=O) groups is 1. The predicted octanol–water partition coefficient (Wildman–Crippen LogP) is 2.65. The molecule has 0 unspecified atom stereocenters. The normalized spacial score (nSPS) is 11.5. The van der Waals surface area contributed by atoms with Crippen molar-refractivity contribution >= 4 is 5.97 Å². The summed E-state index contributed by atoms with van der Waals surface area (Å²) in [6, 6.07) is 0. The predicted molar refractivity (Wildman–Crippen MR) is 67.0 cm³/mol. The Hall–Kier alpha value is -1.25. The molecule has 92 valence electrons. The zero-order chi connectivity index (χ0) is 12.6. The van der Waals surface area contributed by atoms with Gasteiger partial charge in [-0.3, -0.25) is 4.79 Å². The summed E-state index contributed by atoms with van der Waals surface area (Å²) in [5.74, 6) is -0.169. The molecule has 0 aliphatic carbocycles. The van der Waals surface area contributed by atoms with Gasteiger partial charge in [-0.25, -0.2) is 0 Å². The Labute approximate surface area is 98.6 Å². The molecule has 0 aromatic carbocycles. The fourth-order valence-electron chi connectivity index (χ4n) is 1.22. The summed E-state index contributed by atoms with van der Waals surface area (Å²) in [4.78, 5) is 11.4. The molecule has 0 aromatic rings. The van der Waals surface area contributed by atoms with Gasteiger partial charge in [0, 0.05) is 12.2 Å². The van der Waals surface area contributed by atoms with Crippen LogP contribution in [0.4, 0.5) is 0 Å². The maximum Gasteiger partial charge on any atom is 0.311 e. The van der Waals surface area contributed by atoms with Crippen LogP contribution in [0.25, 0.3) is 0 Å². The number of hydrogen-bond donors (Lipinski definition) is 1. The number of nitrogens with one attached hydrogen (secondary N) is 1. The zero-order valence-electron chi connectivity index (χ0n) is 10.8. The number of esters is 1. The second-order valence-electron chi connectivity index (χ2n) is 4.55. The van der Waals surface area contributed by atoms with Crippen LogP contribution in [-0.4, -0.2) is 19.6 Å². The van der Waals surface area contributed by atoms with E-state index in [0.29, 0.717) is 6.42 Å². The molecule has 0 aliphatic rings. The van der Waals surface area contributed by atoms with Gasteiger partial charge in [0.2, 0.25) is 0 Å². The van der Waals surface area contributed by atoms with Gasteiger partial charge >= 0.3 is 5.97 Å². The summed E-state index contributed by atoms with van der Waals surface area (Å²) in [6.45, 7) is 10.3. The molecule has 0 aromatic heterocycles. The van der Waals surface area contributed by atoms with Crippen molar-refractivity contribution in [3.8, 4) is 0 Å². The fourth-order valence-corrected chi connectivity index (χ4v) is 1.22. The SMILES string of the molecule is C=C(C)NCC/C=C\CC(C)(C)C(=O)OC. The van der Waals surface area contributed by atoms with E-state index in [1.165, 1.54) is 7.11 Å². The standard InChI is InChI=1S/C13H23NO2/c1-11(2)14-10-8-6-7-9-13(3,4)12(15)16-5/h6-7,14H,1,8-10H2,2-5H3/b7-6-. The first-order chi connectivity index (χ1) is 7.40. The van der Waals surface area contributed by atoms with Crippen molar-refractivity contribution in [1.82, 2.24) is 5.32 Å². The first kappa shape index (κ1) is 14.8. The third-order valence-electron chi connectivity index (χ3n) is 2.27. The lowest BCUT2D eigenvalue weighted by molar-refractivity contribution is -0.150. The van der Waals surface area contributed by atoms with Crippen LogP contribution in [0.5, 0.6) is 0 Å². The summed E-state index contributed by atoms with van der Waals surface area (Å²) in [5.41, 5.74) is 0.538. The van der Waals surface area contributed by atoms with Gasteiger partial charge in [-0.2, -0.15) is 0 Å². The summed E-state index contributed by atoms with van der Waals surface area (Å²) < 4.78 is 4.73. The quantitative estimate of drug-likeness (QED) is 0.411. The minimum atomic E-state index is -0.437. The molecular formula is C13H23NO2. The lowest BCUT2D eigenvalue weighted by Gasteiger charge is -2.18. The van der Waals surface area contributed by atoms with Crippen molar-refractivity contribution < 1.29 is 9.53 Å². The summed E-state index contributed by atoms with van der Waals surface area (Å²) in [6.07, 6.45) is 5.73. The van der Waals surface area contributed by atoms with E-state index in [1.807, 2.05) is 26.8 Å². The third kappa shape index (κ3) is 6.27. The maximum atomic E-state index is 11.4. The van der Waals surface area contributed by atoms with E-state index in [-0.39, 0.29) is 5.97 Å². The third-order valence-corrected chi connectivity index (χ3v) is 2.27. The van der Waals surface area contributed by atoms with Gasteiger partial charge in [0.25, 0.3) is 0 Å². The highest BCUT2D eigenvalue weighted by atomic mass is 16.5. The van der Waals surface area contributed by atoms with E-state index >= 15 is 0 Å². The molecule has 0 radical (unpaired) electrons. The Bertz CT molecular complexity index is 267. The van der Waals surface area contributed by atoms with Gasteiger partial charge < -0.3 is 10.1 Å². The van der Waals surface area contributed by atoms with Gasteiger partial charge in [-0.05, 0) is 33.6 Å². The number of methoxy groups -OCH3 is 1. The van der Waals surface area contributed by atoms with Crippen LogP contribution in [0.1, 0.15) is 33.6 Å². The minimum absolute atomic E-state index is 0.169. The monoisotopic (exact) mass is 225 g/mol. The van der Waals surface area contributed by atoms with Crippen LogP contribution in [0.3, 0.4) is 0 Å². The molecule has 0 spiro atoms. The Balaban J connectivity index is 3.82. The number of hydrogen-bond acceptors (Lipinski definition) is 3. The van der Waals surface area contributed by atoms with Crippen LogP contribution in [0.15, 0.2) is 24.4 Å². The van der Waals surface area contributed by atoms with E-state index in [2.05, 4.69) is 18.0 Å². The second-order valence-corrected chi connectivity index (χ2v) is 4.55. The Kier molecular flexibility index (Phi) is 6.54. The van der Waals surface area contributed by atoms with Gasteiger partial charge in [0.15, 0.2) is 0 Å². The molecule has 0 aliphatic heterocycles. The first-order valence-corrected chi connectivity index (χ1v) is 5.53. The van der Waals surface area contributed by atoms with Crippen molar-refractivity contribution in [2.45, 2.75) is 33.6 Å². The largest absolute Gasteiger partial charge is 0.469 e. The van der Waals surface area contributed by atoms with Crippen molar-refractivity contribution in [3.63, 3.8) is 0 Å². The molecule has 0 amide bonds. The van der Waals surface area contributed by atoms with Crippen molar-refractivity contribution in [1.29, 1.82) is 0 Å². The van der Waals surface area contributed by atoms with E-state index in [0.717, 1.165) is 18.7 Å². The van der Waals surface area contributed by atoms with E-state index in [4.69, 9.17) is 4.74 Å².